The third-order valence-corrected chi connectivity index (χ3v) is 9.22. The Labute approximate surface area is 206 Å². The number of hydrogen-bond donors (Lipinski definition) is 1. The highest BCUT2D eigenvalue weighted by atomic mass is 32.1. The van der Waals surface area contributed by atoms with E-state index in [4.69, 9.17) is 15.0 Å². The Hall–Kier alpha value is -2.22. The second-order valence-electron chi connectivity index (χ2n) is 10.4. The molecule has 2 aliphatic carbocycles. The SMILES string of the molecule is O=C([C@H]1CCCN1c1nc2c(c(Nc3ncc(C4CCCCC4)s3)n1)CCC2)N1CCCCC1. The Morgan fingerprint density at radius 3 is 2.59 bits per heavy atom. The Kier molecular flexibility index (Phi) is 6.41. The summed E-state index contributed by atoms with van der Waals surface area (Å²) in [6.07, 6.45) is 17.2. The number of thiazole rings is 1. The number of aryl methyl sites for hydroxylation is 1. The minimum atomic E-state index is -0.122. The van der Waals surface area contributed by atoms with Gasteiger partial charge in [-0.05, 0) is 70.1 Å². The van der Waals surface area contributed by atoms with Gasteiger partial charge in [0.05, 0.1) is 5.69 Å². The summed E-state index contributed by atoms with van der Waals surface area (Å²) in [7, 11) is 0. The lowest BCUT2D eigenvalue weighted by Gasteiger charge is -2.32. The van der Waals surface area contributed by atoms with Gasteiger partial charge in [0.25, 0.3) is 0 Å². The fraction of sp³-hybridized carbons (Fsp3) is 0.692. The van der Waals surface area contributed by atoms with Gasteiger partial charge in [-0.1, -0.05) is 19.3 Å². The van der Waals surface area contributed by atoms with Crippen molar-refractivity contribution in [2.45, 2.75) is 95.4 Å². The predicted octanol–water partition coefficient (Wildman–Crippen LogP) is 5.19. The van der Waals surface area contributed by atoms with E-state index in [2.05, 4.69) is 21.3 Å². The van der Waals surface area contributed by atoms with E-state index in [-0.39, 0.29) is 11.9 Å². The lowest BCUT2D eigenvalue weighted by molar-refractivity contribution is -0.133. The van der Waals surface area contributed by atoms with Gasteiger partial charge in [0.1, 0.15) is 11.9 Å². The van der Waals surface area contributed by atoms with Crippen molar-refractivity contribution >= 4 is 34.1 Å². The molecule has 2 aliphatic heterocycles. The molecule has 8 heteroatoms. The smallest absolute Gasteiger partial charge is 0.245 e. The highest BCUT2D eigenvalue weighted by molar-refractivity contribution is 7.15. The number of nitrogens with one attached hydrogen (secondary N) is 1. The fourth-order valence-corrected chi connectivity index (χ4v) is 7.24. The molecule has 3 fully saturated rings. The minimum Gasteiger partial charge on any atom is -0.341 e. The summed E-state index contributed by atoms with van der Waals surface area (Å²) in [5.41, 5.74) is 2.38. The molecule has 1 saturated carbocycles. The van der Waals surface area contributed by atoms with Crippen molar-refractivity contribution in [1.82, 2.24) is 19.9 Å². The van der Waals surface area contributed by atoms with Crippen LogP contribution in [0.15, 0.2) is 6.20 Å². The molecule has 2 aromatic rings. The van der Waals surface area contributed by atoms with Crippen LogP contribution >= 0.6 is 11.3 Å². The largest absolute Gasteiger partial charge is 0.341 e. The van der Waals surface area contributed by atoms with E-state index >= 15 is 0 Å². The van der Waals surface area contributed by atoms with Crippen molar-refractivity contribution in [3.8, 4) is 0 Å². The molecule has 1 atom stereocenters. The molecule has 0 bridgehead atoms. The standard InChI is InChI=1S/C26H36N6OS/c33-24(31-14-5-2-6-15-31)21-13-8-16-32(21)25-28-20-12-7-11-19(20)23(29-25)30-26-27-17-22(34-26)18-9-3-1-4-10-18/h17-18,21H,1-16H2,(H,27,28,29,30)/t21-/m1/s1. The van der Waals surface area contributed by atoms with Crippen LogP contribution in [-0.2, 0) is 17.6 Å². The van der Waals surface area contributed by atoms with E-state index in [0.29, 0.717) is 5.92 Å². The lowest BCUT2D eigenvalue weighted by Crippen LogP contribution is -2.48. The van der Waals surface area contributed by atoms with E-state index in [1.165, 1.54) is 49.0 Å². The molecular formula is C26H36N6OS. The molecule has 4 heterocycles. The maximum Gasteiger partial charge on any atom is 0.245 e. The van der Waals surface area contributed by atoms with Crippen LogP contribution in [0, 0.1) is 0 Å². The molecule has 2 saturated heterocycles. The molecule has 182 valence electrons. The first-order valence-corrected chi connectivity index (χ1v) is 14.3. The summed E-state index contributed by atoms with van der Waals surface area (Å²) in [4.78, 5) is 33.7. The van der Waals surface area contributed by atoms with Gasteiger partial charge in [-0.3, -0.25) is 4.79 Å². The molecular weight excluding hydrogens is 444 g/mol. The number of hydrogen-bond acceptors (Lipinski definition) is 7. The average Bonchev–Trinajstić information content (AvgIpc) is 3.65. The molecule has 0 spiro atoms. The summed E-state index contributed by atoms with van der Waals surface area (Å²) in [6, 6.07) is -0.122. The molecule has 0 radical (unpaired) electrons. The summed E-state index contributed by atoms with van der Waals surface area (Å²) >= 11 is 1.79. The van der Waals surface area contributed by atoms with Crippen molar-refractivity contribution in [1.29, 1.82) is 0 Å². The van der Waals surface area contributed by atoms with Gasteiger partial charge in [0, 0.05) is 36.3 Å². The average molecular weight is 481 g/mol. The van der Waals surface area contributed by atoms with Crippen LogP contribution in [0.3, 0.4) is 0 Å². The summed E-state index contributed by atoms with van der Waals surface area (Å²) in [6.45, 7) is 2.65. The molecule has 0 unspecified atom stereocenters. The number of amides is 1. The van der Waals surface area contributed by atoms with Crippen molar-refractivity contribution in [3.63, 3.8) is 0 Å². The molecule has 7 nitrogen and oxygen atoms in total. The molecule has 34 heavy (non-hydrogen) atoms. The Morgan fingerprint density at radius 2 is 1.74 bits per heavy atom. The number of carbonyl (C=O) groups is 1. The summed E-state index contributed by atoms with van der Waals surface area (Å²) in [5, 5.41) is 4.50. The minimum absolute atomic E-state index is 0.122. The van der Waals surface area contributed by atoms with E-state index < -0.39 is 0 Å². The van der Waals surface area contributed by atoms with Crippen LogP contribution in [-0.4, -0.2) is 51.4 Å². The number of fused-ring (bicyclic) bond motifs is 1. The number of anilines is 3. The third-order valence-electron chi connectivity index (χ3n) is 8.14. The number of piperidine rings is 1. The van der Waals surface area contributed by atoms with Crippen LogP contribution in [0.5, 0.6) is 0 Å². The predicted molar refractivity (Wildman–Crippen MR) is 136 cm³/mol. The van der Waals surface area contributed by atoms with E-state index in [1.54, 1.807) is 11.3 Å². The second kappa shape index (κ2) is 9.80. The van der Waals surface area contributed by atoms with Crippen molar-refractivity contribution in [2.75, 3.05) is 29.9 Å². The number of nitrogens with zero attached hydrogens (tertiary/aromatic N) is 5. The molecule has 6 rings (SSSR count). The van der Waals surface area contributed by atoms with Crippen LogP contribution in [0.25, 0.3) is 0 Å². The summed E-state index contributed by atoms with van der Waals surface area (Å²) < 4.78 is 0. The van der Waals surface area contributed by atoms with Crippen LogP contribution in [0.1, 0.15) is 92.7 Å². The zero-order chi connectivity index (χ0) is 22.9. The summed E-state index contributed by atoms with van der Waals surface area (Å²) in [5.74, 6) is 2.56. The first-order valence-electron chi connectivity index (χ1n) is 13.4. The van der Waals surface area contributed by atoms with E-state index in [1.807, 2.05) is 0 Å². The normalized spacial score (nSPS) is 23.4. The van der Waals surface area contributed by atoms with Gasteiger partial charge in [-0.25, -0.2) is 9.97 Å². The van der Waals surface area contributed by atoms with Crippen LogP contribution < -0.4 is 10.2 Å². The van der Waals surface area contributed by atoms with E-state index in [9.17, 15) is 4.79 Å². The van der Waals surface area contributed by atoms with Crippen LogP contribution in [0.2, 0.25) is 0 Å². The molecule has 4 aliphatic rings. The van der Waals surface area contributed by atoms with Gasteiger partial charge in [-0.15, -0.1) is 11.3 Å². The van der Waals surface area contributed by atoms with Crippen molar-refractivity contribution in [3.05, 3.63) is 22.3 Å². The number of rotatable bonds is 5. The first-order chi connectivity index (χ1) is 16.8. The Morgan fingerprint density at radius 1 is 0.912 bits per heavy atom. The molecule has 2 aromatic heterocycles. The highest BCUT2D eigenvalue weighted by Crippen LogP contribution is 2.38. The number of likely N-dealkylation sites (tertiary alicyclic amines) is 1. The van der Waals surface area contributed by atoms with Gasteiger partial charge in [0.2, 0.25) is 11.9 Å². The topological polar surface area (TPSA) is 74.2 Å². The van der Waals surface area contributed by atoms with Gasteiger partial charge in [-0.2, -0.15) is 4.98 Å². The Bertz CT molecular complexity index is 1030. The number of carbonyl (C=O) groups excluding carboxylic acids is 1. The second-order valence-corrected chi connectivity index (χ2v) is 11.5. The molecule has 1 amide bonds. The van der Waals surface area contributed by atoms with Crippen molar-refractivity contribution < 1.29 is 4.79 Å². The van der Waals surface area contributed by atoms with E-state index in [0.717, 1.165) is 87.2 Å². The lowest BCUT2D eigenvalue weighted by atomic mass is 9.89. The van der Waals surface area contributed by atoms with Gasteiger partial charge < -0.3 is 15.1 Å². The monoisotopic (exact) mass is 480 g/mol. The number of aromatic nitrogens is 3. The van der Waals surface area contributed by atoms with Gasteiger partial charge >= 0.3 is 0 Å². The third kappa shape index (κ3) is 4.41. The maximum atomic E-state index is 13.4. The highest BCUT2D eigenvalue weighted by Gasteiger charge is 2.36. The maximum absolute atomic E-state index is 13.4. The quantitative estimate of drug-likeness (QED) is 0.634. The van der Waals surface area contributed by atoms with Crippen molar-refractivity contribution in [2.24, 2.45) is 0 Å². The zero-order valence-corrected chi connectivity index (χ0v) is 20.9. The van der Waals surface area contributed by atoms with Crippen LogP contribution in [0.4, 0.5) is 16.9 Å². The fourth-order valence-electron chi connectivity index (χ4n) is 6.26. The zero-order valence-electron chi connectivity index (χ0n) is 20.1. The Balaban J connectivity index is 1.24. The molecule has 1 N–H and O–H groups in total. The van der Waals surface area contributed by atoms with Gasteiger partial charge in [0.15, 0.2) is 5.13 Å². The first kappa shape index (κ1) is 22.3. The molecule has 0 aromatic carbocycles.